The fraction of sp³-hybridized carbons (Fsp3) is 0.357. The minimum absolute atomic E-state index is 0.0877. The Morgan fingerprint density at radius 3 is 2.38 bits per heavy atom. The molecule has 1 atom stereocenters. The molecule has 114 valence electrons. The Kier molecular flexibility index (Phi) is 6.68. The number of halogens is 1. The van der Waals surface area contributed by atoms with Gasteiger partial charge in [-0.15, -0.1) is 0 Å². The van der Waals surface area contributed by atoms with Gasteiger partial charge in [0.05, 0.1) is 13.5 Å². The number of esters is 1. The summed E-state index contributed by atoms with van der Waals surface area (Å²) in [5.41, 5.74) is 0.736. The van der Waals surface area contributed by atoms with Crippen molar-refractivity contribution in [1.82, 2.24) is 5.32 Å². The molecular formula is C14H16ClNO5. The first-order valence-corrected chi connectivity index (χ1v) is 6.63. The number of nitrogens with one attached hydrogen (secondary N) is 1. The first kappa shape index (κ1) is 17.0. The lowest BCUT2D eigenvalue weighted by molar-refractivity contribution is -0.143. The van der Waals surface area contributed by atoms with Gasteiger partial charge in [-0.3, -0.25) is 9.59 Å². The van der Waals surface area contributed by atoms with Crippen molar-refractivity contribution in [2.45, 2.75) is 25.3 Å². The maximum Gasteiger partial charge on any atom is 0.326 e. The lowest BCUT2D eigenvalue weighted by atomic mass is 10.1. The quantitative estimate of drug-likeness (QED) is 0.742. The summed E-state index contributed by atoms with van der Waals surface area (Å²) in [4.78, 5) is 33.7. The van der Waals surface area contributed by atoms with Crippen LogP contribution in [0, 0.1) is 0 Å². The Labute approximate surface area is 127 Å². The smallest absolute Gasteiger partial charge is 0.326 e. The van der Waals surface area contributed by atoms with Gasteiger partial charge in [-0.2, -0.15) is 0 Å². The number of hydrogen-bond donors (Lipinski definition) is 2. The summed E-state index contributed by atoms with van der Waals surface area (Å²) >= 11 is 5.75. The molecule has 0 aliphatic carbocycles. The third-order valence-electron chi connectivity index (χ3n) is 2.77. The van der Waals surface area contributed by atoms with E-state index in [0.29, 0.717) is 5.02 Å². The van der Waals surface area contributed by atoms with E-state index in [1.165, 1.54) is 7.11 Å². The Morgan fingerprint density at radius 1 is 1.24 bits per heavy atom. The first-order chi connectivity index (χ1) is 9.92. The van der Waals surface area contributed by atoms with Crippen LogP contribution in [-0.4, -0.2) is 36.1 Å². The molecule has 0 radical (unpaired) electrons. The zero-order chi connectivity index (χ0) is 15.8. The molecule has 0 bridgehead atoms. The van der Waals surface area contributed by atoms with Crippen LogP contribution < -0.4 is 5.32 Å². The topological polar surface area (TPSA) is 92.7 Å². The average Bonchev–Trinajstić information content (AvgIpc) is 2.46. The summed E-state index contributed by atoms with van der Waals surface area (Å²) < 4.78 is 4.41. The number of benzene rings is 1. The van der Waals surface area contributed by atoms with Gasteiger partial charge in [0, 0.05) is 17.9 Å². The molecular weight excluding hydrogens is 298 g/mol. The van der Waals surface area contributed by atoms with Gasteiger partial charge in [0.15, 0.2) is 0 Å². The summed E-state index contributed by atoms with van der Waals surface area (Å²) in [6.45, 7) is 0. The van der Waals surface area contributed by atoms with Crippen molar-refractivity contribution in [1.29, 1.82) is 0 Å². The summed E-state index contributed by atoms with van der Waals surface area (Å²) in [5.74, 6) is -2.17. The molecule has 2 N–H and O–H groups in total. The van der Waals surface area contributed by atoms with Crippen molar-refractivity contribution < 1.29 is 24.2 Å². The van der Waals surface area contributed by atoms with Crippen molar-refractivity contribution in [3.63, 3.8) is 0 Å². The number of carboxylic acid groups (broad SMARTS) is 1. The van der Waals surface area contributed by atoms with E-state index in [4.69, 9.17) is 16.7 Å². The zero-order valence-corrected chi connectivity index (χ0v) is 12.2. The fourth-order valence-electron chi connectivity index (χ4n) is 1.64. The molecule has 0 spiro atoms. The van der Waals surface area contributed by atoms with Gasteiger partial charge in [-0.05, 0) is 17.7 Å². The van der Waals surface area contributed by atoms with E-state index in [0.717, 1.165) is 5.56 Å². The lowest BCUT2D eigenvalue weighted by Crippen LogP contribution is -2.42. The van der Waals surface area contributed by atoms with Crippen molar-refractivity contribution in [3.8, 4) is 0 Å². The normalized spacial score (nSPS) is 11.5. The second-order valence-electron chi connectivity index (χ2n) is 4.37. The van der Waals surface area contributed by atoms with Crippen LogP contribution in [-0.2, 0) is 25.5 Å². The van der Waals surface area contributed by atoms with E-state index < -0.39 is 23.9 Å². The Hall–Kier alpha value is -2.08. The number of hydrogen-bond acceptors (Lipinski definition) is 4. The van der Waals surface area contributed by atoms with E-state index in [1.54, 1.807) is 24.3 Å². The van der Waals surface area contributed by atoms with Gasteiger partial charge >= 0.3 is 11.9 Å². The van der Waals surface area contributed by atoms with Gasteiger partial charge in [-0.25, -0.2) is 4.79 Å². The Balaban J connectivity index is 2.57. The molecule has 6 nitrogen and oxygen atoms in total. The van der Waals surface area contributed by atoms with Gasteiger partial charge < -0.3 is 15.2 Å². The molecule has 7 heteroatoms. The van der Waals surface area contributed by atoms with Gasteiger partial charge in [0.1, 0.15) is 6.04 Å². The molecule has 21 heavy (non-hydrogen) atoms. The van der Waals surface area contributed by atoms with Crippen LogP contribution in [0.5, 0.6) is 0 Å². The molecule has 0 aliphatic rings. The van der Waals surface area contributed by atoms with Crippen LogP contribution in [0.15, 0.2) is 24.3 Å². The average molecular weight is 314 g/mol. The third-order valence-corrected chi connectivity index (χ3v) is 3.02. The number of aliphatic carboxylic acids is 1. The molecule has 0 heterocycles. The van der Waals surface area contributed by atoms with Crippen LogP contribution in [0.1, 0.15) is 18.4 Å². The van der Waals surface area contributed by atoms with E-state index >= 15 is 0 Å². The number of carbonyl (C=O) groups excluding carboxylic acids is 2. The lowest BCUT2D eigenvalue weighted by Gasteiger charge is -2.14. The number of carboxylic acids is 1. The predicted octanol–water partition coefficient (Wildman–Crippen LogP) is 1.41. The van der Waals surface area contributed by atoms with E-state index in [1.807, 2.05) is 0 Å². The monoisotopic (exact) mass is 313 g/mol. The maximum absolute atomic E-state index is 11.6. The number of carbonyl (C=O) groups is 3. The third kappa shape index (κ3) is 6.27. The molecule has 1 rings (SSSR count). The van der Waals surface area contributed by atoms with Crippen LogP contribution in [0.3, 0.4) is 0 Å². The molecule has 0 unspecified atom stereocenters. The van der Waals surface area contributed by atoms with E-state index in [-0.39, 0.29) is 19.3 Å². The number of amides is 1. The van der Waals surface area contributed by atoms with Crippen LogP contribution in [0.4, 0.5) is 0 Å². The largest absolute Gasteiger partial charge is 0.480 e. The van der Waals surface area contributed by atoms with Crippen molar-refractivity contribution in [3.05, 3.63) is 34.9 Å². The number of ether oxygens (including phenoxy) is 1. The van der Waals surface area contributed by atoms with Crippen molar-refractivity contribution in [2.24, 2.45) is 0 Å². The molecule has 0 aliphatic heterocycles. The maximum atomic E-state index is 11.6. The fourth-order valence-corrected chi connectivity index (χ4v) is 1.77. The van der Waals surface area contributed by atoms with E-state index in [2.05, 4.69) is 10.1 Å². The van der Waals surface area contributed by atoms with Crippen LogP contribution >= 0.6 is 11.6 Å². The second-order valence-corrected chi connectivity index (χ2v) is 4.80. The number of rotatable bonds is 7. The Morgan fingerprint density at radius 2 is 1.86 bits per heavy atom. The zero-order valence-electron chi connectivity index (χ0n) is 11.5. The summed E-state index contributed by atoms with van der Waals surface area (Å²) in [7, 11) is 1.22. The highest BCUT2D eigenvalue weighted by Crippen LogP contribution is 2.11. The van der Waals surface area contributed by atoms with E-state index in [9.17, 15) is 14.4 Å². The molecule has 0 saturated heterocycles. The molecule has 1 aromatic rings. The van der Waals surface area contributed by atoms with Crippen LogP contribution in [0.25, 0.3) is 0 Å². The molecule has 0 fully saturated rings. The second kappa shape index (κ2) is 8.26. The molecule has 1 aromatic carbocycles. The van der Waals surface area contributed by atoms with Gasteiger partial charge in [0.25, 0.3) is 0 Å². The number of methoxy groups -OCH3 is 1. The summed E-state index contributed by atoms with van der Waals surface area (Å²) in [6, 6.07) is 5.62. The van der Waals surface area contributed by atoms with Gasteiger partial charge in [0.2, 0.25) is 5.91 Å². The molecule has 1 amide bonds. The summed E-state index contributed by atoms with van der Waals surface area (Å²) in [6.07, 6.45) is -0.0663. The highest BCUT2D eigenvalue weighted by Gasteiger charge is 2.20. The predicted molar refractivity (Wildman–Crippen MR) is 76.0 cm³/mol. The highest BCUT2D eigenvalue weighted by molar-refractivity contribution is 6.30. The summed E-state index contributed by atoms with van der Waals surface area (Å²) in [5, 5.41) is 12.1. The highest BCUT2D eigenvalue weighted by atomic mass is 35.5. The minimum Gasteiger partial charge on any atom is -0.480 e. The van der Waals surface area contributed by atoms with Gasteiger partial charge in [-0.1, -0.05) is 23.7 Å². The van der Waals surface area contributed by atoms with Crippen molar-refractivity contribution in [2.75, 3.05) is 7.11 Å². The molecule has 0 aromatic heterocycles. The minimum atomic E-state index is -1.14. The van der Waals surface area contributed by atoms with Crippen LogP contribution in [0.2, 0.25) is 5.02 Å². The molecule has 0 saturated carbocycles. The Bertz CT molecular complexity index is 515. The standard InChI is InChI=1S/C14H16ClNO5/c1-21-13(18)7-6-12(17)16-11(14(19)20)8-9-2-4-10(15)5-3-9/h2-5,11H,6-8H2,1H3,(H,16,17)(H,19,20)/t11-/m0/s1. The SMILES string of the molecule is COC(=O)CCC(=O)N[C@@H](Cc1ccc(Cl)cc1)C(=O)O. The van der Waals surface area contributed by atoms with Crippen molar-refractivity contribution >= 4 is 29.4 Å². The first-order valence-electron chi connectivity index (χ1n) is 6.25.